The fourth-order valence-corrected chi connectivity index (χ4v) is 3.51. The number of pyridine rings is 1. The molecule has 0 aliphatic carbocycles. The van der Waals surface area contributed by atoms with Gasteiger partial charge >= 0.3 is 0 Å². The Morgan fingerprint density at radius 1 is 0.966 bits per heavy atom. The molecule has 0 fully saturated rings. The third-order valence-corrected chi connectivity index (χ3v) is 5.03. The Morgan fingerprint density at radius 2 is 1.69 bits per heavy atom. The van der Waals surface area contributed by atoms with E-state index in [0.717, 1.165) is 11.3 Å². The number of phenols is 1. The molecule has 0 aliphatic rings. The highest BCUT2D eigenvalue weighted by Crippen LogP contribution is 2.28. The van der Waals surface area contributed by atoms with Crippen LogP contribution < -0.4 is 5.32 Å². The maximum atomic E-state index is 12.4. The van der Waals surface area contributed by atoms with Crippen molar-refractivity contribution in [2.24, 2.45) is 0 Å². The van der Waals surface area contributed by atoms with Crippen molar-refractivity contribution in [2.45, 2.75) is 5.16 Å². The van der Waals surface area contributed by atoms with Crippen molar-refractivity contribution >= 4 is 23.4 Å². The molecular formula is C21H17N5O2S. The van der Waals surface area contributed by atoms with Crippen LogP contribution in [0.5, 0.6) is 5.75 Å². The molecule has 0 saturated carbocycles. The van der Waals surface area contributed by atoms with E-state index in [2.05, 4.69) is 20.5 Å². The maximum Gasteiger partial charge on any atom is 0.234 e. The minimum Gasteiger partial charge on any atom is -0.506 e. The van der Waals surface area contributed by atoms with Crippen molar-refractivity contribution in [2.75, 3.05) is 11.1 Å². The molecule has 4 rings (SSSR count). The van der Waals surface area contributed by atoms with Gasteiger partial charge in [0, 0.05) is 23.6 Å². The van der Waals surface area contributed by atoms with E-state index in [4.69, 9.17) is 0 Å². The Hall–Kier alpha value is -3.65. The van der Waals surface area contributed by atoms with Crippen LogP contribution in [0.25, 0.3) is 17.1 Å². The van der Waals surface area contributed by atoms with E-state index < -0.39 is 0 Å². The van der Waals surface area contributed by atoms with Crippen LogP contribution in [0.1, 0.15) is 0 Å². The largest absolute Gasteiger partial charge is 0.506 e. The topological polar surface area (TPSA) is 92.9 Å². The summed E-state index contributed by atoms with van der Waals surface area (Å²) in [6.07, 6.45) is 3.40. The first-order valence-electron chi connectivity index (χ1n) is 8.84. The Balaban J connectivity index is 1.58. The predicted octanol–water partition coefficient (Wildman–Crippen LogP) is 3.77. The molecular weight excluding hydrogens is 386 g/mol. The van der Waals surface area contributed by atoms with Gasteiger partial charge in [-0.3, -0.25) is 14.3 Å². The summed E-state index contributed by atoms with van der Waals surface area (Å²) in [6, 6.07) is 20.1. The number of amides is 1. The number of benzene rings is 2. The van der Waals surface area contributed by atoms with Crippen LogP contribution in [0.15, 0.2) is 84.3 Å². The van der Waals surface area contributed by atoms with Gasteiger partial charge in [0.15, 0.2) is 11.0 Å². The van der Waals surface area contributed by atoms with Gasteiger partial charge in [0.1, 0.15) is 5.75 Å². The molecule has 0 spiro atoms. The van der Waals surface area contributed by atoms with Crippen LogP contribution in [0.4, 0.5) is 5.69 Å². The van der Waals surface area contributed by atoms with E-state index in [1.54, 1.807) is 30.6 Å². The maximum absolute atomic E-state index is 12.4. The van der Waals surface area contributed by atoms with Crippen molar-refractivity contribution in [3.05, 3.63) is 79.1 Å². The molecule has 2 aromatic heterocycles. The molecule has 1 amide bonds. The number of nitrogens with zero attached hydrogens (tertiary/aromatic N) is 4. The van der Waals surface area contributed by atoms with Crippen molar-refractivity contribution < 1.29 is 9.90 Å². The normalized spacial score (nSPS) is 10.6. The second-order valence-electron chi connectivity index (χ2n) is 6.07. The standard InChI is InChI=1S/C21H17N5O2S/c27-18-9-5-4-8-17(18)23-19(28)14-29-21-25-24-20(15-10-12-22-13-11-15)26(21)16-6-2-1-3-7-16/h1-13,27H,14H2,(H,23,28). The van der Waals surface area contributed by atoms with Gasteiger partial charge < -0.3 is 10.4 Å². The minimum atomic E-state index is -0.246. The molecule has 7 nitrogen and oxygen atoms in total. The molecule has 0 aliphatic heterocycles. The second kappa shape index (κ2) is 8.57. The van der Waals surface area contributed by atoms with E-state index in [1.807, 2.05) is 47.0 Å². The van der Waals surface area contributed by atoms with E-state index in [9.17, 15) is 9.90 Å². The summed E-state index contributed by atoms with van der Waals surface area (Å²) in [5.74, 6) is 0.570. The highest BCUT2D eigenvalue weighted by molar-refractivity contribution is 7.99. The molecule has 144 valence electrons. The van der Waals surface area contributed by atoms with Gasteiger partial charge in [-0.2, -0.15) is 0 Å². The lowest BCUT2D eigenvalue weighted by Crippen LogP contribution is -2.14. The molecule has 0 radical (unpaired) electrons. The van der Waals surface area contributed by atoms with Gasteiger partial charge in [0.2, 0.25) is 5.91 Å². The molecule has 0 atom stereocenters. The van der Waals surface area contributed by atoms with Gasteiger partial charge in [0.25, 0.3) is 0 Å². The first-order chi connectivity index (χ1) is 14.2. The van der Waals surface area contributed by atoms with Crippen molar-refractivity contribution in [3.8, 4) is 22.8 Å². The number of aromatic nitrogens is 4. The average molecular weight is 403 g/mol. The van der Waals surface area contributed by atoms with Crippen LogP contribution >= 0.6 is 11.8 Å². The van der Waals surface area contributed by atoms with Crippen LogP contribution in [0.2, 0.25) is 0 Å². The van der Waals surface area contributed by atoms with Crippen molar-refractivity contribution in [3.63, 3.8) is 0 Å². The molecule has 0 unspecified atom stereocenters. The third-order valence-electron chi connectivity index (χ3n) is 4.10. The highest BCUT2D eigenvalue weighted by Gasteiger charge is 2.17. The number of para-hydroxylation sites is 3. The molecule has 29 heavy (non-hydrogen) atoms. The molecule has 2 N–H and O–H groups in total. The van der Waals surface area contributed by atoms with E-state index >= 15 is 0 Å². The van der Waals surface area contributed by atoms with E-state index in [0.29, 0.717) is 16.7 Å². The summed E-state index contributed by atoms with van der Waals surface area (Å²) in [4.78, 5) is 16.4. The lowest BCUT2D eigenvalue weighted by molar-refractivity contribution is -0.113. The Labute approximate surface area is 171 Å². The van der Waals surface area contributed by atoms with Gasteiger partial charge in [0.05, 0.1) is 11.4 Å². The lowest BCUT2D eigenvalue weighted by atomic mass is 10.2. The number of rotatable bonds is 6. The Kier molecular flexibility index (Phi) is 5.53. The van der Waals surface area contributed by atoms with Gasteiger partial charge in [-0.05, 0) is 36.4 Å². The van der Waals surface area contributed by atoms with Crippen LogP contribution in [0.3, 0.4) is 0 Å². The van der Waals surface area contributed by atoms with Gasteiger partial charge in [-0.1, -0.05) is 42.1 Å². The molecule has 2 heterocycles. The molecule has 8 heteroatoms. The highest BCUT2D eigenvalue weighted by atomic mass is 32.2. The summed E-state index contributed by atoms with van der Waals surface area (Å²) in [7, 11) is 0. The number of nitrogens with one attached hydrogen (secondary N) is 1. The average Bonchev–Trinajstić information content (AvgIpc) is 3.19. The molecule has 0 saturated heterocycles. The van der Waals surface area contributed by atoms with E-state index in [-0.39, 0.29) is 17.4 Å². The van der Waals surface area contributed by atoms with Crippen molar-refractivity contribution in [1.29, 1.82) is 0 Å². The number of phenolic OH excluding ortho intramolecular Hbond substituents is 1. The Bertz CT molecular complexity index is 1120. The summed E-state index contributed by atoms with van der Waals surface area (Å²) in [5, 5.41) is 21.7. The monoisotopic (exact) mass is 403 g/mol. The van der Waals surface area contributed by atoms with Crippen LogP contribution in [-0.2, 0) is 4.79 Å². The summed E-state index contributed by atoms with van der Waals surface area (Å²) < 4.78 is 1.91. The number of hydrogen-bond acceptors (Lipinski definition) is 6. The molecule has 4 aromatic rings. The zero-order chi connectivity index (χ0) is 20.1. The summed E-state index contributed by atoms with van der Waals surface area (Å²) >= 11 is 1.27. The third kappa shape index (κ3) is 4.27. The number of thioether (sulfide) groups is 1. The zero-order valence-electron chi connectivity index (χ0n) is 15.3. The van der Waals surface area contributed by atoms with Crippen LogP contribution in [-0.4, -0.2) is 36.5 Å². The summed E-state index contributed by atoms with van der Waals surface area (Å²) in [5.41, 5.74) is 2.15. The number of anilines is 1. The smallest absolute Gasteiger partial charge is 0.234 e. The number of carbonyl (C=O) groups is 1. The van der Waals surface area contributed by atoms with Gasteiger partial charge in [-0.25, -0.2) is 0 Å². The predicted molar refractivity (Wildman–Crippen MR) is 112 cm³/mol. The summed E-state index contributed by atoms with van der Waals surface area (Å²) in [6.45, 7) is 0. The SMILES string of the molecule is O=C(CSc1nnc(-c2ccncc2)n1-c1ccccc1)Nc1ccccc1O. The number of carbonyl (C=O) groups excluding carboxylic acids is 1. The molecule has 0 bridgehead atoms. The molecule has 2 aromatic carbocycles. The zero-order valence-corrected chi connectivity index (χ0v) is 16.1. The Morgan fingerprint density at radius 3 is 2.45 bits per heavy atom. The van der Waals surface area contributed by atoms with Crippen LogP contribution in [0, 0.1) is 0 Å². The number of aromatic hydroxyl groups is 1. The van der Waals surface area contributed by atoms with Gasteiger partial charge in [-0.15, -0.1) is 10.2 Å². The quantitative estimate of drug-likeness (QED) is 0.376. The van der Waals surface area contributed by atoms with Crippen molar-refractivity contribution in [1.82, 2.24) is 19.7 Å². The lowest BCUT2D eigenvalue weighted by Gasteiger charge is -2.10. The minimum absolute atomic E-state index is 0.0262. The second-order valence-corrected chi connectivity index (χ2v) is 7.01. The fourth-order valence-electron chi connectivity index (χ4n) is 2.76. The van der Waals surface area contributed by atoms with E-state index in [1.165, 1.54) is 17.8 Å². The first-order valence-corrected chi connectivity index (χ1v) is 9.83. The number of hydrogen-bond donors (Lipinski definition) is 2. The first kappa shape index (κ1) is 18.7. The fraction of sp³-hybridized carbons (Fsp3) is 0.0476.